The monoisotopic (exact) mass is 482 g/mol. The predicted molar refractivity (Wildman–Crippen MR) is 123 cm³/mol. The maximum atomic E-state index is 11.9. The first kappa shape index (κ1) is 22.7. The van der Waals surface area contributed by atoms with E-state index in [2.05, 4.69) is 0 Å². The van der Waals surface area contributed by atoms with E-state index in [-0.39, 0.29) is 32.4 Å². The van der Waals surface area contributed by atoms with Crippen molar-refractivity contribution in [2.75, 3.05) is 0 Å². The first-order chi connectivity index (χ1) is 15.7. The van der Waals surface area contributed by atoms with Crippen molar-refractivity contribution in [3.63, 3.8) is 0 Å². The van der Waals surface area contributed by atoms with E-state index in [1.165, 1.54) is 24.3 Å². The van der Waals surface area contributed by atoms with Crippen molar-refractivity contribution in [3.8, 4) is 33.8 Å². The van der Waals surface area contributed by atoms with Crippen molar-refractivity contribution in [1.82, 2.24) is 0 Å². The Hall–Kier alpha value is -3.50. The van der Waals surface area contributed by atoms with Gasteiger partial charge in [0.15, 0.2) is 0 Å². The van der Waals surface area contributed by atoms with Gasteiger partial charge in [-0.25, -0.2) is 0 Å². The van der Waals surface area contributed by atoms with Crippen molar-refractivity contribution >= 4 is 20.2 Å². The van der Waals surface area contributed by atoms with E-state index in [9.17, 15) is 25.9 Å². The average molecular weight is 483 g/mol. The summed E-state index contributed by atoms with van der Waals surface area (Å²) < 4.78 is 73.1. The first-order valence-corrected chi connectivity index (χ1v) is 12.5. The molecule has 0 aromatic heterocycles. The highest BCUT2D eigenvalue weighted by Gasteiger charge is 2.21. The molecule has 0 fully saturated rings. The fraction of sp³-hybridized carbons (Fsp3) is 0. The van der Waals surface area contributed by atoms with Crippen molar-refractivity contribution in [2.45, 2.75) is 9.79 Å². The van der Waals surface area contributed by atoms with Crippen molar-refractivity contribution in [1.29, 1.82) is 0 Å². The van der Waals surface area contributed by atoms with Crippen molar-refractivity contribution < 1.29 is 30.7 Å². The molecule has 4 aromatic carbocycles. The summed E-state index contributed by atoms with van der Waals surface area (Å²) in [5, 5.41) is 0. The molecule has 33 heavy (non-hydrogen) atoms. The molecule has 0 saturated carbocycles. The minimum atomic E-state index is -4.49. The minimum Gasteiger partial charge on any atom is -0.456 e. The maximum absolute atomic E-state index is 11.9. The standard InChI is InChI=1S/C24H18O7S2/c25-32(26,27)23-15-7-3-11-19(23)17-9-1-5-13-21(17)31-22-14-6-2-10-18(22)20-12-4-8-16-24(20)33(28,29)30/h1-16H,(H,25,26,27)(H,28,29,30). The lowest BCUT2D eigenvalue weighted by atomic mass is 10.0. The van der Waals surface area contributed by atoms with Crippen LogP contribution in [0.1, 0.15) is 0 Å². The van der Waals surface area contributed by atoms with Gasteiger partial charge in [0.25, 0.3) is 20.2 Å². The molecule has 0 unspecified atom stereocenters. The lowest BCUT2D eigenvalue weighted by Gasteiger charge is -2.16. The molecule has 0 aliphatic rings. The molecule has 168 valence electrons. The zero-order valence-corrected chi connectivity index (χ0v) is 18.6. The fourth-order valence-electron chi connectivity index (χ4n) is 3.50. The summed E-state index contributed by atoms with van der Waals surface area (Å²) in [4.78, 5) is -0.544. The smallest absolute Gasteiger partial charge is 0.295 e. The quantitative estimate of drug-likeness (QED) is 0.358. The van der Waals surface area contributed by atoms with Crippen LogP contribution in [0.3, 0.4) is 0 Å². The van der Waals surface area contributed by atoms with Crippen LogP contribution in [-0.4, -0.2) is 25.9 Å². The van der Waals surface area contributed by atoms with Crippen LogP contribution in [0, 0.1) is 0 Å². The maximum Gasteiger partial charge on any atom is 0.295 e. The minimum absolute atomic E-state index is 0.242. The number of rotatable bonds is 6. The van der Waals surface area contributed by atoms with Gasteiger partial charge < -0.3 is 4.74 Å². The van der Waals surface area contributed by atoms with E-state index < -0.39 is 20.2 Å². The molecule has 0 aliphatic heterocycles. The summed E-state index contributed by atoms with van der Waals surface area (Å²) >= 11 is 0. The van der Waals surface area contributed by atoms with Gasteiger partial charge >= 0.3 is 0 Å². The van der Waals surface area contributed by atoms with E-state index in [0.29, 0.717) is 11.1 Å². The van der Waals surface area contributed by atoms with Gasteiger partial charge in [-0.15, -0.1) is 0 Å². The Balaban J connectivity index is 1.87. The van der Waals surface area contributed by atoms with Crippen LogP contribution in [0.2, 0.25) is 0 Å². The largest absolute Gasteiger partial charge is 0.456 e. The molecule has 7 nitrogen and oxygen atoms in total. The Kier molecular flexibility index (Phi) is 6.05. The van der Waals surface area contributed by atoms with E-state index in [1.807, 2.05) is 0 Å². The summed E-state index contributed by atoms with van der Waals surface area (Å²) in [6.07, 6.45) is 0. The third-order valence-corrected chi connectivity index (χ3v) is 6.73. The van der Waals surface area contributed by atoms with Crippen LogP contribution in [0.5, 0.6) is 11.5 Å². The molecule has 4 rings (SSSR count). The Morgan fingerprint density at radius 1 is 0.455 bits per heavy atom. The SMILES string of the molecule is O=S(=O)(O)c1ccccc1-c1ccccc1Oc1ccccc1-c1ccccc1S(=O)(=O)O. The fourth-order valence-corrected chi connectivity index (χ4v) is 4.92. The molecule has 9 heteroatoms. The number of hydrogen-bond acceptors (Lipinski definition) is 5. The number of ether oxygens (including phenoxy) is 1. The molecule has 0 bridgehead atoms. The van der Waals surface area contributed by atoms with E-state index in [1.54, 1.807) is 72.8 Å². The summed E-state index contributed by atoms with van der Waals surface area (Å²) in [5.41, 5.74) is 1.30. The highest BCUT2D eigenvalue weighted by Crippen LogP contribution is 2.40. The molecular formula is C24H18O7S2. The van der Waals surface area contributed by atoms with Crippen LogP contribution < -0.4 is 4.74 Å². The molecule has 0 spiro atoms. The molecule has 0 amide bonds. The van der Waals surface area contributed by atoms with Crippen molar-refractivity contribution in [3.05, 3.63) is 97.1 Å². The lowest BCUT2D eigenvalue weighted by Crippen LogP contribution is -2.02. The average Bonchev–Trinajstić information content (AvgIpc) is 2.79. The molecule has 0 aliphatic carbocycles. The van der Waals surface area contributed by atoms with Gasteiger partial charge in [0.05, 0.1) is 0 Å². The Morgan fingerprint density at radius 2 is 0.758 bits per heavy atom. The molecule has 0 atom stereocenters. The zero-order valence-electron chi connectivity index (χ0n) is 17.0. The van der Waals surface area contributed by atoms with Crippen LogP contribution in [0.4, 0.5) is 0 Å². The lowest BCUT2D eigenvalue weighted by molar-refractivity contribution is 0.481. The van der Waals surface area contributed by atoms with Crippen molar-refractivity contribution in [2.24, 2.45) is 0 Å². The first-order valence-electron chi connectivity index (χ1n) is 9.66. The normalized spacial score (nSPS) is 11.8. The summed E-state index contributed by atoms with van der Waals surface area (Å²) in [5.74, 6) is 0.566. The number of hydrogen-bond donors (Lipinski definition) is 2. The number of para-hydroxylation sites is 2. The molecule has 2 N–H and O–H groups in total. The van der Waals surface area contributed by atoms with Gasteiger partial charge in [0.2, 0.25) is 0 Å². The van der Waals surface area contributed by atoms with Gasteiger partial charge in [0, 0.05) is 22.3 Å². The zero-order chi connectivity index (χ0) is 23.6. The third kappa shape index (κ3) is 4.81. The molecule has 0 radical (unpaired) electrons. The second-order valence-electron chi connectivity index (χ2n) is 7.04. The van der Waals surface area contributed by atoms with E-state index >= 15 is 0 Å². The second-order valence-corrected chi connectivity index (χ2v) is 9.82. The van der Waals surface area contributed by atoms with Crippen LogP contribution in [0.15, 0.2) is 107 Å². The highest BCUT2D eigenvalue weighted by molar-refractivity contribution is 7.86. The van der Waals surface area contributed by atoms with Gasteiger partial charge in [-0.3, -0.25) is 9.11 Å². The predicted octanol–water partition coefficient (Wildman–Crippen LogP) is 5.31. The summed E-state index contributed by atoms with van der Waals surface area (Å²) in [6, 6.07) is 25.3. The number of benzene rings is 4. The Morgan fingerprint density at radius 3 is 1.12 bits per heavy atom. The summed E-state index contributed by atoms with van der Waals surface area (Å²) in [6.45, 7) is 0. The summed E-state index contributed by atoms with van der Waals surface area (Å²) in [7, 11) is -8.99. The van der Waals surface area contributed by atoms with Gasteiger partial charge in [-0.2, -0.15) is 16.8 Å². The van der Waals surface area contributed by atoms with Crippen LogP contribution in [-0.2, 0) is 20.2 Å². The third-order valence-electron chi connectivity index (χ3n) is 4.90. The molecular weight excluding hydrogens is 464 g/mol. The Labute approximate surface area is 191 Å². The van der Waals surface area contributed by atoms with Crippen LogP contribution in [0.25, 0.3) is 22.3 Å². The molecule has 0 saturated heterocycles. The Bertz CT molecular complexity index is 1430. The highest BCUT2D eigenvalue weighted by atomic mass is 32.2. The van der Waals surface area contributed by atoms with E-state index in [0.717, 1.165) is 0 Å². The van der Waals surface area contributed by atoms with E-state index in [4.69, 9.17) is 4.74 Å². The van der Waals surface area contributed by atoms with Crippen LogP contribution >= 0.6 is 0 Å². The topological polar surface area (TPSA) is 118 Å². The van der Waals surface area contributed by atoms with Gasteiger partial charge in [0.1, 0.15) is 21.3 Å². The molecule has 0 heterocycles. The van der Waals surface area contributed by atoms with Gasteiger partial charge in [-0.1, -0.05) is 72.8 Å². The molecule has 4 aromatic rings. The van der Waals surface area contributed by atoms with Gasteiger partial charge in [-0.05, 0) is 24.3 Å². The second kappa shape index (κ2) is 8.80.